The average Bonchev–Trinajstić information content (AvgIpc) is 2.72. The second-order valence-electron chi connectivity index (χ2n) is 9.37. The zero-order chi connectivity index (χ0) is 22.4. The molecule has 3 heterocycles. The zero-order valence-corrected chi connectivity index (χ0v) is 18.8. The van der Waals surface area contributed by atoms with Gasteiger partial charge in [0.1, 0.15) is 11.3 Å². The van der Waals surface area contributed by atoms with Crippen molar-refractivity contribution in [1.29, 1.82) is 0 Å². The molecule has 2 fully saturated rings. The molecule has 0 aliphatic carbocycles. The second-order valence-corrected chi connectivity index (χ2v) is 9.37. The SMILES string of the molecule is CC(C)(C)OC(=O)NN1CCC(CCN2CCN(c3ccnc(C(=O)O)c3)CC2)CC1. The molecule has 31 heavy (non-hydrogen) atoms. The zero-order valence-electron chi connectivity index (χ0n) is 18.8. The third-order valence-electron chi connectivity index (χ3n) is 5.82. The Bertz CT molecular complexity index is 751. The van der Waals surface area contributed by atoms with Gasteiger partial charge in [-0.15, -0.1) is 0 Å². The highest BCUT2D eigenvalue weighted by atomic mass is 16.6. The van der Waals surface area contributed by atoms with Crippen LogP contribution >= 0.6 is 0 Å². The number of rotatable bonds is 6. The number of carbonyl (C=O) groups is 2. The summed E-state index contributed by atoms with van der Waals surface area (Å²) in [5, 5.41) is 11.1. The minimum Gasteiger partial charge on any atom is -0.477 e. The van der Waals surface area contributed by atoms with Gasteiger partial charge >= 0.3 is 12.1 Å². The molecule has 2 saturated heterocycles. The van der Waals surface area contributed by atoms with Crippen LogP contribution in [0.25, 0.3) is 0 Å². The molecule has 0 spiro atoms. The van der Waals surface area contributed by atoms with Crippen molar-refractivity contribution >= 4 is 17.7 Å². The molecule has 0 radical (unpaired) electrons. The Kier molecular flexibility index (Phi) is 7.72. The van der Waals surface area contributed by atoms with Gasteiger partial charge in [-0.05, 0) is 64.6 Å². The molecule has 2 N–H and O–H groups in total. The first kappa shape index (κ1) is 23.3. The Balaban J connectivity index is 1.34. The van der Waals surface area contributed by atoms with Gasteiger partial charge < -0.3 is 14.7 Å². The number of pyridine rings is 1. The summed E-state index contributed by atoms with van der Waals surface area (Å²) in [6.45, 7) is 12.1. The minimum atomic E-state index is -0.993. The van der Waals surface area contributed by atoms with E-state index in [9.17, 15) is 9.59 Å². The lowest BCUT2D eigenvalue weighted by Gasteiger charge is -2.37. The molecule has 1 aromatic rings. The van der Waals surface area contributed by atoms with Gasteiger partial charge in [-0.25, -0.2) is 19.6 Å². The van der Waals surface area contributed by atoms with Crippen molar-refractivity contribution in [2.75, 3.05) is 50.7 Å². The highest BCUT2D eigenvalue weighted by Gasteiger charge is 2.24. The number of aromatic nitrogens is 1. The number of ether oxygens (including phenoxy) is 1. The number of anilines is 1. The van der Waals surface area contributed by atoms with E-state index in [0.29, 0.717) is 5.92 Å². The number of amides is 1. The molecule has 0 atom stereocenters. The topological polar surface area (TPSA) is 98.2 Å². The van der Waals surface area contributed by atoms with E-state index in [1.54, 1.807) is 12.3 Å². The molecule has 9 nitrogen and oxygen atoms in total. The number of nitrogens with one attached hydrogen (secondary N) is 1. The van der Waals surface area contributed by atoms with E-state index >= 15 is 0 Å². The molecular formula is C22H35N5O4. The molecule has 2 aliphatic rings. The van der Waals surface area contributed by atoms with Crippen molar-refractivity contribution in [1.82, 2.24) is 20.3 Å². The third-order valence-corrected chi connectivity index (χ3v) is 5.82. The van der Waals surface area contributed by atoms with Crippen molar-refractivity contribution < 1.29 is 19.4 Å². The molecule has 172 valence electrons. The molecule has 0 unspecified atom stereocenters. The fraction of sp³-hybridized carbons (Fsp3) is 0.682. The van der Waals surface area contributed by atoms with Gasteiger partial charge in [-0.3, -0.25) is 10.3 Å². The van der Waals surface area contributed by atoms with Crippen LogP contribution < -0.4 is 10.3 Å². The largest absolute Gasteiger partial charge is 0.477 e. The number of aromatic carboxylic acids is 1. The van der Waals surface area contributed by atoms with Crippen molar-refractivity contribution in [3.8, 4) is 0 Å². The van der Waals surface area contributed by atoms with Crippen molar-refractivity contribution in [3.63, 3.8) is 0 Å². The summed E-state index contributed by atoms with van der Waals surface area (Å²) < 4.78 is 5.32. The number of carboxylic acids is 1. The average molecular weight is 434 g/mol. The Morgan fingerprint density at radius 1 is 1.16 bits per heavy atom. The van der Waals surface area contributed by atoms with E-state index < -0.39 is 11.6 Å². The van der Waals surface area contributed by atoms with Crippen LogP contribution in [-0.2, 0) is 4.74 Å². The van der Waals surface area contributed by atoms with Gasteiger partial charge in [0.05, 0.1) is 0 Å². The Morgan fingerprint density at radius 3 is 2.45 bits per heavy atom. The first-order chi connectivity index (χ1) is 14.7. The van der Waals surface area contributed by atoms with Crippen LogP contribution in [-0.4, -0.2) is 83.5 Å². The highest BCUT2D eigenvalue weighted by Crippen LogP contribution is 2.22. The van der Waals surface area contributed by atoms with Crippen LogP contribution in [0, 0.1) is 5.92 Å². The van der Waals surface area contributed by atoms with E-state index in [0.717, 1.165) is 64.3 Å². The van der Waals surface area contributed by atoms with E-state index in [1.807, 2.05) is 31.8 Å². The maximum atomic E-state index is 11.9. The van der Waals surface area contributed by atoms with Gasteiger partial charge in [0, 0.05) is 51.2 Å². The van der Waals surface area contributed by atoms with Gasteiger partial charge in [0.25, 0.3) is 0 Å². The maximum Gasteiger partial charge on any atom is 0.422 e. The molecular weight excluding hydrogens is 398 g/mol. The van der Waals surface area contributed by atoms with Gasteiger partial charge in [-0.1, -0.05) is 0 Å². The maximum absolute atomic E-state index is 11.9. The fourth-order valence-corrected chi connectivity index (χ4v) is 4.09. The molecule has 0 aromatic carbocycles. The predicted molar refractivity (Wildman–Crippen MR) is 118 cm³/mol. The smallest absolute Gasteiger partial charge is 0.422 e. The molecule has 0 bridgehead atoms. The van der Waals surface area contributed by atoms with Crippen LogP contribution in [0.1, 0.15) is 50.5 Å². The normalized spacial score (nSPS) is 19.3. The standard InChI is InChI=1S/C22H35N5O4/c1-22(2,3)31-21(30)24-27-10-6-17(7-11-27)5-9-25-12-14-26(15-13-25)18-4-8-23-19(16-18)20(28)29/h4,8,16-17H,5-7,9-15H2,1-3H3,(H,24,30)(H,28,29). The number of piperidine rings is 1. The van der Waals surface area contributed by atoms with E-state index in [-0.39, 0.29) is 11.8 Å². The summed E-state index contributed by atoms with van der Waals surface area (Å²) in [6.07, 6.45) is 4.50. The molecule has 0 saturated carbocycles. The van der Waals surface area contributed by atoms with Crippen LogP contribution in [0.5, 0.6) is 0 Å². The number of carboxylic acid groups (broad SMARTS) is 1. The number of hydrogen-bond acceptors (Lipinski definition) is 7. The molecule has 3 rings (SSSR count). The predicted octanol–water partition coefficient (Wildman–Crippen LogP) is 2.44. The van der Waals surface area contributed by atoms with Crippen molar-refractivity contribution in [2.24, 2.45) is 5.92 Å². The Labute approximate surface area is 184 Å². The number of piperazine rings is 1. The van der Waals surface area contributed by atoms with Crippen LogP contribution in [0.3, 0.4) is 0 Å². The lowest BCUT2D eigenvalue weighted by Crippen LogP contribution is -2.49. The van der Waals surface area contributed by atoms with E-state index in [2.05, 4.69) is 20.2 Å². The summed E-state index contributed by atoms with van der Waals surface area (Å²) in [4.78, 5) is 31.6. The Hall–Kier alpha value is -2.39. The fourth-order valence-electron chi connectivity index (χ4n) is 4.09. The highest BCUT2D eigenvalue weighted by molar-refractivity contribution is 5.86. The van der Waals surface area contributed by atoms with E-state index in [4.69, 9.17) is 9.84 Å². The number of hydrogen-bond donors (Lipinski definition) is 2. The number of carbonyl (C=O) groups excluding carboxylic acids is 1. The molecule has 1 amide bonds. The third kappa shape index (κ3) is 7.36. The summed E-state index contributed by atoms with van der Waals surface area (Å²) in [5.41, 5.74) is 3.38. The first-order valence-electron chi connectivity index (χ1n) is 11.1. The lowest BCUT2D eigenvalue weighted by atomic mass is 9.94. The van der Waals surface area contributed by atoms with Gasteiger partial charge in [-0.2, -0.15) is 0 Å². The van der Waals surface area contributed by atoms with Crippen LogP contribution in [0.15, 0.2) is 18.3 Å². The Morgan fingerprint density at radius 2 is 1.84 bits per heavy atom. The van der Waals surface area contributed by atoms with Crippen molar-refractivity contribution in [2.45, 2.75) is 45.6 Å². The number of hydrazine groups is 1. The number of nitrogens with zero attached hydrogens (tertiary/aromatic N) is 4. The second kappa shape index (κ2) is 10.3. The summed E-state index contributed by atoms with van der Waals surface area (Å²) in [7, 11) is 0. The van der Waals surface area contributed by atoms with E-state index in [1.165, 1.54) is 6.42 Å². The summed E-state index contributed by atoms with van der Waals surface area (Å²) in [6, 6.07) is 3.53. The minimum absolute atomic E-state index is 0.0902. The van der Waals surface area contributed by atoms with Crippen molar-refractivity contribution in [3.05, 3.63) is 24.0 Å². The van der Waals surface area contributed by atoms with Gasteiger partial charge in [0.2, 0.25) is 0 Å². The summed E-state index contributed by atoms with van der Waals surface area (Å²) >= 11 is 0. The van der Waals surface area contributed by atoms with Crippen LogP contribution in [0.2, 0.25) is 0 Å². The molecule has 9 heteroatoms. The first-order valence-corrected chi connectivity index (χ1v) is 11.1. The van der Waals surface area contributed by atoms with Crippen LogP contribution in [0.4, 0.5) is 10.5 Å². The quantitative estimate of drug-likeness (QED) is 0.706. The molecule has 2 aliphatic heterocycles. The monoisotopic (exact) mass is 433 g/mol. The molecule has 1 aromatic heterocycles. The van der Waals surface area contributed by atoms with Gasteiger partial charge in [0.15, 0.2) is 0 Å². The lowest BCUT2D eigenvalue weighted by molar-refractivity contribution is 0.0257. The summed E-state index contributed by atoms with van der Waals surface area (Å²) in [5.74, 6) is -0.319.